The van der Waals surface area contributed by atoms with Gasteiger partial charge < -0.3 is 9.32 Å². The summed E-state index contributed by atoms with van der Waals surface area (Å²) in [5.74, 6) is 1.42. The maximum absolute atomic E-state index is 12.4. The van der Waals surface area contributed by atoms with Crippen LogP contribution in [-0.2, 0) is 24.2 Å². The predicted octanol–water partition coefficient (Wildman–Crippen LogP) is 2.42. The highest BCUT2D eigenvalue weighted by Crippen LogP contribution is 2.20. The Hall–Kier alpha value is -2.10. The Morgan fingerprint density at radius 3 is 2.75 bits per heavy atom. The van der Waals surface area contributed by atoms with Crippen LogP contribution in [0.15, 0.2) is 28.7 Å². The molecule has 2 aromatic rings. The Labute approximate surface area is 118 Å². The van der Waals surface area contributed by atoms with Crippen molar-refractivity contribution in [2.45, 2.75) is 33.2 Å². The number of aromatic nitrogens is 1. The Bertz CT molecular complexity index is 646. The van der Waals surface area contributed by atoms with Crippen molar-refractivity contribution < 1.29 is 9.21 Å². The van der Waals surface area contributed by atoms with Gasteiger partial charge in [-0.2, -0.15) is 0 Å². The van der Waals surface area contributed by atoms with Gasteiger partial charge in [-0.3, -0.25) is 4.79 Å². The number of aryl methyl sites for hydroxylation is 2. The van der Waals surface area contributed by atoms with Crippen molar-refractivity contribution in [2.24, 2.45) is 0 Å². The largest absolute Gasteiger partial charge is 0.445 e. The maximum Gasteiger partial charge on any atom is 0.230 e. The summed E-state index contributed by atoms with van der Waals surface area (Å²) in [7, 11) is 0. The number of oxazole rings is 1. The number of hydrogen-bond donors (Lipinski definition) is 0. The summed E-state index contributed by atoms with van der Waals surface area (Å²) in [6.45, 7) is 5.16. The highest BCUT2D eigenvalue weighted by atomic mass is 16.4. The Morgan fingerprint density at radius 2 is 2.05 bits per heavy atom. The lowest BCUT2D eigenvalue weighted by Crippen LogP contribution is -2.36. The normalized spacial score (nSPS) is 14.2. The van der Waals surface area contributed by atoms with Gasteiger partial charge in [-0.05, 0) is 24.5 Å². The Kier molecular flexibility index (Phi) is 3.30. The van der Waals surface area contributed by atoms with Gasteiger partial charge in [0, 0.05) is 20.0 Å². The minimum atomic E-state index is 0.110. The summed E-state index contributed by atoms with van der Waals surface area (Å²) in [4.78, 5) is 18.5. The first-order chi connectivity index (χ1) is 9.63. The van der Waals surface area contributed by atoms with Crippen LogP contribution in [0.1, 0.15) is 28.5 Å². The van der Waals surface area contributed by atoms with Crippen molar-refractivity contribution in [1.82, 2.24) is 9.88 Å². The highest BCUT2D eigenvalue weighted by Gasteiger charge is 2.22. The monoisotopic (exact) mass is 270 g/mol. The molecule has 20 heavy (non-hydrogen) atoms. The summed E-state index contributed by atoms with van der Waals surface area (Å²) >= 11 is 0. The summed E-state index contributed by atoms with van der Waals surface area (Å²) < 4.78 is 5.49. The number of carbonyl (C=O) groups is 1. The number of rotatable bonds is 2. The predicted molar refractivity (Wildman–Crippen MR) is 75.2 cm³/mol. The fourth-order valence-corrected chi connectivity index (χ4v) is 2.70. The number of amides is 1. The zero-order valence-electron chi connectivity index (χ0n) is 11.8. The molecule has 0 spiro atoms. The molecule has 2 heterocycles. The number of fused-ring (bicyclic) bond motifs is 1. The molecule has 4 heteroatoms. The van der Waals surface area contributed by atoms with E-state index >= 15 is 0 Å². The average molecular weight is 270 g/mol. The van der Waals surface area contributed by atoms with Crippen LogP contribution in [0.2, 0.25) is 0 Å². The molecule has 0 fully saturated rings. The Morgan fingerprint density at radius 1 is 1.30 bits per heavy atom. The van der Waals surface area contributed by atoms with Crippen LogP contribution in [0.25, 0.3) is 0 Å². The molecule has 3 rings (SSSR count). The van der Waals surface area contributed by atoms with Gasteiger partial charge in [0.05, 0.1) is 12.1 Å². The quantitative estimate of drug-likeness (QED) is 0.842. The number of nitrogens with zero attached hydrogens (tertiary/aromatic N) is 2. The lowest BCUT2D eigenvalue weighted by Gasteiger charge is -2.28. The van der Waals surface area contributed by atoms with E-state index in [-0.39, 0.29) is 5.91 Å². The summed E-state index contributed by atoms with van der Waals surface area (Å²) in [5.41, 5.74) is 3.41. The minimum absolute atomic E-state index is 0.110. The van der Waals surface area contributed by atoms with E-state index in [1.54, 1.807) is 6.92 Å². The fraction of sp³-hybridized carbons (Fsp3) is 0.375. The van der Waals surface area contributed by atoms with Crippen LogP contribution in [0.4, 0.5) is 0 Å². The minimum Gasteiger partial charge on any atom is -0.445 e. The van der Waals surface area contributed by atoms with Crippen molar-refractivity contribution in [3.63, 3.8) is 0 Å². The topological polar surface area (TPSA) is 46.3 Å². The van der Waals surface area contributed by atoms with Crippen LogP contribution in [0.3, 0.4) is 0 Å². The molecule has 0 radical (unpaired) electrons. The lowest BCUT2D eigenvalue weighted by atomic mass is 9.99. The van der Waals surface area contributed by atoms with Crippen molar-refractivity contribution in [3.05, 3.63) is 52.7 Å². The van der Waals surface area contributed by atoms with Crippen LogP contribution in [-0.4, -0.2) is 22.3 Å². The molecular formula is C16H18N2O2. The summed E-state index contributed by atoms with van der Waals surface area (Å²) in [6.07, 6.45) is 1.23. The number of carbonyl (C=O) groups excluding carboxylic acids is 1. The average Bonchev–Trinajstić information content (AvgIpc) is 2.76. The van der Waals surface area contributed by atoms with E-state index in [1.165, 1.54) is 11.1 Å². The van der Waals surface area contributed by atoms with E-state index in [4.69, 9.17) is 4.42 Å². The first-order valence-corrected chi connectivity index (χ1v) is 6.91. The number of hydrogen-bond acceptors (Lipinski definition) is 3. The van der Waals surface area contributed by atoms with Gasteiger partial charge in [-0.1, -0.05) is 24.3 Å². The van der Waals surface area contributed by atoms with E-state index in [0.717, 1.165) is 18.7 Å². The molecule has 0 bridgehead atoms. The van der Waals surface area contributed by atoms with Crippen LogP contribution >= 0.6 is 0 Å². The second kappa shape index (κ2) is 5.12. The maximum atomic E-state index is 12.4. The molecule has 1 aromatic carbocycles. The summed E-state index contributed by atoms with van der Waals surface area (Å²) in [6, 6.07) is 8.31. The van der Waals surface area contributed by atoms with Gasteiger partial charge >= 0.3 is 0 Å². The van der Waals surface area contributed by atoms with Crippen molar-refractivity contribution in [3.8, 4) is 0 Å². The molecule has 1 aromatic heterocycles. The fourth-order valence-electron chi connectivity index (χ4n) is 2.70. The first kappa shape index (κ1) is 12.9. The van der Waals surface area contributed by atoms with E-state index < -0.39 is 0 Å². The Balaban J connectivity index is 1.72. The second-order valence-electron chi connectivity index (χ2n) is 5.25. The van der Waals surface area contributed by atoms with E-state index in [0.29, 0.717) is 24.6 Å². The van der Waals surface area contributed by atoms with Gasteiger partial charge in [0.1, 0.15) is 5.76 Å². The molecule has 0 N–H and O–H groups in total. The third-order valence-electron chi connectivity index (χ3n) is 3.79. The zero-order chi connectivity index (χ0) is 14.1. The third-order valence-corrected chi connectivity index (χ3v) is 3.79. The van der Waals surface area contributed by atoms with Crippen molar-refractivity contribution in [2.75, 3.05) is 6.54 Å². The SMILES string of the molecule is Cc1nc(C)c(CC(=O)N2CCc3ccccc3C2)o1. The van der Waals surface area contributed by atoms with Gasteiger partial charge in [0.25, 0.3) is 0 Å². The van der Waals surface area contributed by atoms with E-state index in [2.05, 4.69) is 23.2 Å². The summed E-state index contributed by atoms with van der Waals surface area (Å²) in [5, 5.41) is 0. The second-order valence-corrected chi connectivity index (χ2v) is 5.25. The zero-order valence-corrected chi connectivity index (χ0v) is 11.8. The van der Waals surface area contributed by atoms with E-state index in [1.807, 2.05) is 17.9 Å². The lowest BCUT2D eigenvalue weighted by molar-refractivity contribution is -0.131. The van der Waals surface area contributed by atoms with Gasteiger partial charge in [0.15, 0.2) is 5.89 Å². The van der Waals surface area contributed by atoms with E-state index in [9.17, 15) is 4.79 Å². The van der Waals surface area contributed by atoms with Crippen molar-refractivity contribution in [1.29, 1.82) is 0 Å². The van der Waals surface area contributed by atoms with Gasteiger partial charge in [-0.15, -0.1) is 0 Å². The molecule has 1 aliphatic rings. The first-order valence-electron chi connectivity index (χ1n) is 6.91. The van der Waals surface area contributed by atoms with Gasteiger partial charge in [-0.25, -0.2) is 4.98 Å². The molecule has 0 unspecified atom stereocenters. The standard InChI is InChI=1S/C16H18N2O2/c1-11-15(20-12(2)17-11)9-16(19)18-8-7-13-5-3-4-6-14(13)10-18/h3-6H,7-10H2,1-2H3. The molecule has 4 nitrogen and oxygen atoms in total. The highest BCUT2D eigenvalue weighted by molar-refractivity contribution is 5.78. The van der Waals surface area contributed by atoms with Crippen LogP contribution in [0.5, 0.6) is 0 Å². The molecule has 0 saturated carbocycles. The molecule has 0 atom stereocenters. The molecule has 1 amide bonds. The van der Waals surface area contributed by atoms with Crippen LogP contribution in [0, 0.1) is 13.8 Å². The van der Waals surface area contributed by atoms with Gasteiger partial charge in [0.2, 0.25) is 5.91 Å². The molecule has 104 valence electrons. The molecule has 0 saturated heterocycles. The number of benzene rings is 1. The molecular weight excluding hydrogens is 252 g/mol. The smallest absolute Gasteiger partial charge is 0.230 e. The molecule has 1 aliphatic heterocycles. The third kappa shape index (κ3) is 2.46. The van der Waals surface area contributed by atoms with Crippen LogP contribution < -0.4 is 0 Å². The molecule has 0 aliphatic carbocycles. The van der Waals surface area contributed by atoms with Crippen molar-refractivity contribution >= 4 is 5.91 Å².